The first-order valence-corrected chi connectivity index (χ1v) is 10.00. The number of phosphoric ester groups is 1. The lowest BCUT2D eigenvalue weighted by atomic mass is 10.2. The third kappa shape index (κ3) is 7.30. The van der Waals surface area contributed by atoms with E-state index in [1.54, 1.807) is 0 Å². The van der Waals surface area contributed by atoms with Crippen LogP contribution >= 0.6 is 24.0 Å². The molecule has 5 atom stereocenters. The van der Waals surface area contributed by atoms with E-state index in [1.807, 2.05) is 0 Å². The first-order valence-electron chi connectivity index (χ1n) is 5.72. The maximum Gasteiger partial charge on any atom is 0.486 e. The Hall–Kier alpha value is 0.150. The van der Waals surface area contributed by atoms with Crippen LogP contribution in [0.25, 0.3) is 0 Å². The molecule has 21 heavy (non-hydrogen) atoms. The molecule has 1 aliphatic rings. The average Bonchev–Trinajstić information content (AvgIpc) is 2.70. The van der Waals surface area contributed by atoms with Gasteiger partial charge in [0.2, 0.25) is 8.38 Å². The normalized spacial score (nSPS) is 27.5. The summed E-state index contributed by atoms with van der Waals surface area (Å²) in [5.41, 5.74) is 0. The van der Waals surface area contributed by atoms with Gasteiger partial charge >= 0.3 is 15.6 Å². The highest BCUT2D eigenvalue weighted by atomic mass is 31.3. The maximum atomic E-state index is 11.5. The summed E-state index contributed by atoms with van der Waals surface area (Å²) in [4.78, 5) is 27.6. The van der Waals surface area contributed by atoms with Gasteiger partial charge < -0.3 is 24.5 Å². The molecule has 124 valence electrons. The minimum absolute atomic E-state index is 0.350. The molecule has 1 heterocycles. The van der Waals surface area contributed by atoms with Crippen LogP contribution in [0.5, 0.6) is 0 Å². The number of allylic oxidation sites excluding steroid dienone is 1. The van der Waals surface area contributed by atoms with Gasteiger partial charge in [0.05, 0.1) is 12.4 Å². The fourth-order valence-electron chi connectivity index (χ4n) is 1.31. The van der Waals surface area contributed by atoms with Gasteiger partial charge in [0.1, 0.15) is 11.9 Å². The van der Waals surface area contributed by atoms with E-state index in [2.05, 4.69) is 19.7 Å². The number of hydrogen-bond donors (Lipinski definition) is 4. The first kappa shape index (κ1) is 19.2. The van der Waals surface area contributed by atoms with E-state index < -0.39 is 36.0 Å². The van der Waals surface area contributed by atoms with Gasteiger partial charge in [-0.1, -0.05) is 6.58 Å². The zero-order valence-electron chi connectivity index (χ0n) is 11.1. The number of aliphatic hydroxyl groups excluding tert-OH is 1. The standard InChI is InChI=1S/C8H17O10P3/c1-6-3-4-8(16-6)5-15-20(11,12)18-21(13,14)17-19(10)7(2)9/h7-10H,1,3-5H2,2H3,(H,11,12)(H,13,14)/t7-,8-,19?/m0/s1. The summed E-state index contributed by atoms with van der Waals surface area (Å²) in [5, 5.41) is 8.93. The minimum atomic E-state index is -5.08. The Morgan fingerprint density at radius 3 is 2.57 bits per heavy atom. The van der Waals surface area contributed by atoms with E-state index >= 15 is 0 Å². The van der Waals surface area contributed by atoms with E-state index in [0.29, 0.717) is 18.6 Å². The topological polar surface area (TPSA) is 152 Å². The molecule has 13 heteroatoms. The molecule has 10 nitrogen and oxygen atoms in total. The fourth-order valence-corrected chi connectivity index (χ4v) is 4.68. The first-order chi connectivity index (χ1) is 9.51. The highest BCUT2D eigenvalue weighted by Crippen LogP contribution is 2.65. The van der Waals surface area contributed by atoms with E-state index in [4.69, 9.17) is 14.7 Å². The highest BCUT2D eigenvalue weighted by Gasteiger charge is 2.39. The quantitative estimate of drug-likeness (QED) is 0.466. The monoisotopic (exact) mass is 366 g/mol. The molecule has 0 aromatic rings. The molecule has 1 fully saturated rings. The second-order valence-corrected chi connectivity index (χ2v) is 8.94. The molecule has 0 aliphatic carbocycles. The Labute approximate surface area is 122 Å². The van der Waals surface area contributed by atoms with Crippen LogP contribution in [0.4, 0.5) is 0 Å². The summed E-state index contributed by atoms with van der Waals surface area (Å²) >= 11 is 0. The van der Waals surface area contributed by atoms with Gasteiger partial charge in [-0.15, -0.1) is 0 Å². The van der Waals surface area contributed by atoms with Gasteiger partial charge in [-0.25, -0.2) is 13.4 Å². The second kappa shape index (κ2) is 7.62. The van der Waals surface area contributed by atoms with Gasteiger partial charge in [0, 0.05) is 6.42 Å². The molecule has 0 spiro atoms. The van der Waals surface area contributed by atoms with E-state index in [0.717, 1.165) is 6.92 Å². The van der Waals surface area contributed by atoms with Crippen LogP contribution in [0.2, 0.25) is 0 Å². The van der Waals surface area contributed by atoms with Crippen LogP contribution in [0.3, 0.4) is 0 Å². The third-order valence-electron chi connectivity index (χ3n) is 2.21. The molecule has 0 aromatic carbocycles. The lowest BCUT2D eigenvalue weighted by Gasteiger charge is -2.20. The molecule has 3 unspecified atom stereocenters. The summed E-state index contributed by atoms with van der Waals surface area (Å²) in [6.07, 6.45) is 0.596. The smallest absolute Gasteiger partial charge is 0.486 e. The number of phosphoric acid groups is 2. The largest absolute Gasteiger partial charge is 0.493 e. The molecular formula is C8H17O10P3. The van der Waals surface area contributed by atoms with Crippen molar-refractivity contribution < 1.29 is 46.8 Å². The summed E-state index contributed by atoms with van der Waals surface area (Å²) in [6.45, 7) is 4.32. The Balaban J connectivity index is 2.48. The zero-order chi connectivity index (χ0) is 16.3. The van der Waals surface area contributed by atoms with Gasteiger partial charge in [-0.2, -0.15) is 4.31 Å². The second-order valence-electron chi connectivity index (χ2n) is 4.15. The molecule has 0 radical (unpaired) electrons. The van der Waals surface area contributed by atoms with Crippen molar-refractivity contribution in [3.63, 3.8) is 0 Å². The Kier molecular flexibility index (Phi) is 6.96. The molecule has 4 N–H and O–H groups in total. The maximum absolute atomic E-state index is 11.5. The lowest BCUT2D eigenvalue weighted by molar-refractivity contribution is 0.0818. The van der Waals surface area contributed by atoms with Crippen LogP contribution in [0.15, 0.2) is 12.3 Å². The molecule has 0 aromatic heterocycles. The molecule has 1 aliphatic heterocycles. The van der Waals surface area contributed by atoms with Gasteiger partial charge in [-0.3, -0.25) is 4.52 Å². The summed E-state index contributed by atoms with van der Waals surface area (Å²) in [7, 11) is -12.7. The fraction of sp³-hybridized carbons (Fsp3) is 0.750. The Bertz CT molecular complexity index is 465. The van der Waals surface area contributed by atoms with E-state index in [9.17, 15) is 18.9 Å². The Morgan fingerprint density at radius 1 is 1.48 bits per heavy atom. The number of hydrogen-bond acceptors (Lipinski definition) is 8. The zero-order valence-corrected chi connectivity index (χ0v) is 13.7. The van der Waals surface area contributed by atoms with Crippen molar-refractivity contribution in [1.29, 1.82) is 0 Å². The molecule has 1 rings (SSSR count). The predicted octanol–water partition coefficient (Wildman–Crippen LogP) is 1.57. The predicted molar refractivity (Wildman–Crippen MR) is 71.8 cm³/mol. The van der Waals surface area contributed by atoms with E-state index in [1.165, 1.54) is 0 Å². The van der Waals surface area contributed by atoms with Crippen molar-refractivity contribution in [2.45, 2.75) is 31.7 Å². The molecule has 0 bridgehead atoms. The van der Waals surface area contributed by atoms with Crippen molar-refractivity contribution >= 4 is 24.0 Å². The highest BCUT2D eigenvalue weighted by molar-refractivity contribution is 7.66. The van der Waals surface area contributed by atoms with Crippen LogP contribution in [-0.2, 0) is 27.0 Å². The van der Waals surface area contributed by atoms with Crippen LogP contribution < -0.4 is 0 Å². The summed E-state index contributed by atoms with van der Waals surface area (Å²) < 4.78 is 40.7. The molecular weight excluding hydrogens is 349 g/mol. The van der Waals surface area contributed by atoms with Crippen LogP contribution in [-0.4, -0.2) is 38.3 Å². The SMILES string of the molecule is C=C1CC[C@@H](COP(=O)(O)OP(=O)(O)OP(O)[C@@H](C)O)O1. The molecule has 0 amide bonds. The average molecular weight is 366 g/mol. The van der Waals surface area contributed by atoms with E-state index in [-0.39, 0.29) is 6.61 Å². The molecule has 1 saturated heterocycles. The lowest BCUT2D eigenvalue weighted by Crippen LogP contribution is -2.13. The van der Waals surface area contributed by atoms with Gasteiger partial charge in [-0.05, 0) is 13.3 Å². The number of rotatable bonds is 8. The minimum Gasteiger partial charge on any atom is -0.493 e. The Morgan fingerprint density at radius 2 is 2.10 bits per heavy atom. The summed E-state index contributed by atoms with van der Waals surface area (Å²) in [5.74, 6) is -0.933. The van der Waals surface area contributed by atoms with Crippen molar-refractivity contribution in [3.05, 3.63) is 12.3 Å². The van der Waals surface area contributed by atoms with Gasteiger partial charge in [0.15, 0.2) is 0 Å². The molecule has 0 saturated carbocycles. The van der Waals surface area contributed by atoms with Crippen molar-refractivity contribution in [2.24, 2.45) is 0 Å². The van der Waals surface area contributed by atoms with Gasteiger partial charge in [0.25, 0.3) is 0 Å². The van der Waals surface area contributed by atoms with Crippen molar-refractivity contribution in [3.8, 4) is 0 Å². The van der Waals surface area contributed by atoms with Crippen molar-refractivity contribution in [2.75, 3.05) is 6.61 Å². The van der Waals surface area contributed by atoms with Crippen molar-refractivity contribution in [1.82, 2.24) is 0 Å². The van der Waals surface area contributed by atoms with Crippen LogP contribution in [0, 0.1) is 0 Å². The van der Waals surface area contributed by atoms with Crippen LogP contribution in [0.1, 0.15) is 19.8 Å². The number of aliphatic hydroxyl groups is 1. The summed E-state index contributed by atoms with van der Waals surface area (Å²) in [6, 6.07) is 0. The third-order valence-corrected chi connectivity index (χ3v) is 6.48. The number of ether oxygens (including phenoxy) is 1.